The molecule has 3 rings (SSSR count). The Hall–Kier alpha value is -2.02. The maximum absolute atomic E-state index is 12.8. The van der Waals surface area contributed by atoms with Gasteiger partial charge in [0.05, 0.1) is 11.2 Å². The van der Waals surface area contributed by atoms with Crippen molar-refractivity contribution in [3.05, 3.63) is 56.7 Å². The number of benzene rings is 1. The molecular weight excluding hydrogens is 382 g/mol. The van der Waals surface area contributed by atoms with Crippen molar-refractivity contribution in [2.24, 2.45) is 10.2 Å². The molecule has 1 unspecified atom stereocenters. The maximum Gasteiger partial charge on any atom is 0.254 e. The van der Waals surface area contributed by atoms with Crippen LogP contribution >= 0.6 is 22.9 Å². The third-order valence-corrected chi connectivity index (χ3v) is 6.40. The Labute approximate surface area is 168 Å². The number of amides is 1. The number of carbonyl (C=O) groups is 1. The number of carbonyl (C=O) groups excluding carboxylic acids is 1. The Balaban J connectivity index is 1.67. The summed E-state index contributed by atoms with van der Waals surface area (Å²) in [7, 11) is 0. The zero-order valence-corrected chi connectivity index (χ0v) is 16.7. The zero-order valence-electron chi connectivity index (χ0n) is 15.1. The first-order chi connectivity index (χ1) is 12.9. The molecule has 1 aliphatic heterocycles. The van der Waals surface area contributed by atoms with Crippen LogP contribution in [-0.4, -0.2) is 41.9 Å². The van der Waals surface area contributed by atoms with Gasteiger partial charge in [0.25, 0.3) is 5.91 Å². The summed E-state index contributed by atoms with van der Waals surface area (Å²) in [5.74, 6) is 0.0680. The quantitative estimate of drug-likeness (QED) is 0.597. The molecular formula is C20H22ClN3O2S. The fourth-order valence-electron chi connectivity index (χ4n) is 3.29. The zero-order chi connectivity index (χ0) is 19.4. The molecule has 1 aromatic heterocycles. The Morgan fingerprint density at radius 1 is 1.41 bits per heavy atom. The van der Waals surface area contributed by atoms with Gasteiger partial charge in [0.1, 0.15) is 0 Å². The van der Waals surface area contributed by atoms with E-state index in [9.17, 15) is 9.90 Å². The second kappa shape index (κ2) is 8.33. The Kier molecular flexibility index (Phi) is 6.09. The van der Waals surface area contributed by atoms with Gasteiger partial charge in [0, 0.05) is 52.8 Å². The van der Waals surface area contributed by atoms with E-state index in [1.807, 2.05) is 36.6 Å². The SMILES string of the molecule is C=N/N=C/C(C)c1cc(C(=O)N2CCC(O)(c3ccccc3Cl)CC2)cs1. The van der Waals surface area contributed by atoms with Crippen LogP contribution in [0.1, 0.15) is 46.5 Å². The van der Waals surface area contributed by atoms with Crippen LogP contribution < -0.4 is 0 Å². The summed E-state index contributed by atoms with van der Waals surface area (Å²) in [6, 6.07) is 9.26. The molecule has 1 aliphatic rings. The first-order valence-corrected chi connectivity index (χ1v) is 10.0. The van der Waals surface area contributed by atoms with Crippen LogP contribution in [0.3, 0.4) is 0 Å². The fourth-order valence-corrected chi connectivity index (χ4v) is 4.51. The number of rotatable bonds is 5. The lowest BCUT2D eigenvalue weighted by Crippen LogP contribution is -2.45. The maximum atomic E-state index is 12.8. The molecule has 2 aromatic rings. The van der Waals surface area contributed by atoms with Gasteiger partial charge in [0.15, 0.2) is 0 Å². The minimum absolute atomic E-state index is 0.00954. The molecule has 2 heterocycles. The molecule has 1 N–H and O–H groups in total. The monoisotopic (exact) mass is 403 g/mol. The number of thiophene rings is 1. The minimum Gasteiger partial charge on any atom is -0.385 e. The summed E-state index contributed by atoms with van der Waals surface area (Å²) in [6.07, 6.45) is 2.64. The van der Waals surface area contributed by atoms with Crippen LogP contribution in [0.25, 0.3) is 0 Å². The highest BCUT2D eigenvalue weighted by atomic mass is 35.5. The van der Waals surface area contributed by atoms with E-state index in [4.69, 9.17) is 11.6 Å². The molecule has 5 nitrogen and oxygen atoms in total. The van der Waals surface area contributed by atoms with Crippen molar-refractivity contribution >= 4 is 41.8 Å². The third kappa shape index (κ3) is 4.29. The molecule has 1 atom stereocenters. The predicted molar refractivity (Wildman–Crippen MR) is 111 cm³/mol. The number of aliphatic hydroxyl groups is 1. The third-order valence-electron chi connectivity index (χ3n) is 4.94. The van der Waals surface area contributed by atoms with Gasteiger partial charge in [-0.05, 0) is 25.0 Å². The molecule has 1 aromatic carbocycles. The van der Waals surface area contributed by atoms with E-state index in [2.05, 4.69) is 16.9 Å². The molecule has 1 saturated heterocycles. The lowest BCUT2D eigenvalue weighted by atomic mass is 9.84. The fraction of sp³-hybridized carbons (Fsp3) is 0.350. The van der Waals surface area contributed by atoms with E-state index in [0.717, 1.165) is 10.4 Å². The molecule has 0 radical (unpaired) electrons. The van der Waals surface area contributed by atoms with Crippen molar-refractivity contribution < 1.29 is 9.90 Å². The lowest BCUT2D eigenvalue weighted by Gasteiger charge is -2.38. The van der Waals surface area contributed by atoms with Crippen LogP contribution in [0.2, 0.25) is 5.02 Å². The molecule has 7 heteroatoms. The summed E-state index contributed by atoms with van der Waals surface area (Å²) in [4.78, 5) is 15.7. The number of hydrogen-bond acceptors (Lipinski definition) is 5. The highest BCUT2D eigenvalue weighted by molar-refractivity contribution is 7.10. The Morgan fingerprint density at radius 3 is 2.78 bits per heavy atom. The standard InChI is InChI=1S/C20H22ClN3O2S/c1-14(12-23-22-2)18-11-15(13-27-18)19(25)24-9-7-20(26,8-10-24)16-5-3-4-6-17(16)21/h3-6,11-14,26H,2,7-10H2,1H3/b23-12+. The van der Waals surface area contributed by atoms with E-state index in [0.29, 0.717) is 36.5 Å². The second-order valence-electron chi connectivity index (χ2n) is 6.74. The van der Waals surface area contributed by atoms with Gasteiger partial charge in [-0.25, -0.2) is 0 Å². The molecule has 0 bridgehead atoms. The summed E-state index contributed by atoms with van der Waals surface area (Å²) in [6.45, 7) is 6.30. The molecule has 0 aliphatic carbocycles. The van der Waals surface area contributed by atoms with Crippen molar-refractivity contribution in [2.45, 2.75) is 31.3 Å². The van der Waals surface area contributed by atoms with E-state index >= 15 is 0 Å². The van der Waals surface area contributed by atoms with Crippen molar-refractivity contribution in [3.63, 3.8) is 0 Å². The van der Waals surface area contributed by atoms with E-state index in [1.165, 1.54) is 11.3 Å². The van der Waals surface area contributed by atoms with Gasteiger partial charge in [-0.1, -0.05) is 36.7 Å². The van der Waals surface area contributed by atoms with Crippen LogP contribution in [0.5, 0.6) is 0 Å². The molecule has 27 heavy (non-hydrogen) atoms. The van der Waals surface area contributed by atoms with Crippen LogP contribution in [0, 0.1) is 0 Å². The van der Waals surface area contributed by atoms with E-state index < -0.39 is 5.60 Å². The second-order valence-corrected chi connectivity index (χ2v) is 8.09. The molecule has 0 spiro atoms. The minimum atomic E-state index is -0.988. The first-order valence-electron chi connectivity index (χ1n) is 8.79. The lowest BCUT2D eigenvalue weighted by molar-refractivity contribution is -0.0210. The van der Waals surface area contributed by atoms with Gasteiger partial charge in [-0.15, -0.1) is 11.3 Å². The topological polar surface area (TPSA) is 65.3 Å². The van der Waals surface area contributed by atoms with Crippen LogP contribution in [-0.2, 0) is 5.60 Å². The Morgan fingerprint density at radius 2 is 2.11 bits per heavy atom. The highest BCUT2D eigenvalue weighted by Gasteiger charge is 2.37. The van der Waals surface area contributed by atoms with Gasteiger partial charge in [-0.2, -0.15) is 10.2 Å². The van der Waals surface area contributed by atoms with Gasteiger partial charge < -0.3 is 10.0 Å². The average molecular weight is 404 g/mol. The van der Waals surface area contributed by atoms with Crippen molar-refractivity contribution in [3.8, 4) is 0 Å². The van der Waals surface area contributed by atoms with Gasteiger partial charge >= 0.3 is 0 Å². The summed E-state index contributed by atoms with van der Waals surface area (Å²) in [5.41, 5.74) is 0.419. The van der Waals surface area contributed by atoms with E-state index in [1.54, 1.807) is 17.2 Å². The van der Waals surface area contributed by atoms with Crippen molar-refractivity contribution in [2.75, 3.05) is 13.1 Å². The van der Waals surface area contributed by atoms with E-state index in [-0.39, 0.29) is 11.8 Å². The van der Waals surface area contributed by atoms with Gasteiger partial charge in [0.2, 0.25) is 0 Å². The molecule has 0 saturated carbocycles. The number of piperidine rings is 1. The average Bonchev–Trinajstić information content (AvgIpc) is 3.17. The van der Waals surface area contributed by atoms with Crippen molar-refractivity contribution in [1.29, 1.82) is 0 Å². The Bertz CT molecular complexity index is 856. The molecule has 1 amide bonds. The molecule has 1 fully saturated rings. The van der Waals surface area contributed by atoms with Crippen LogP contribution in [0.4, 0.5) is 0 Å². The normalized spacial score (nSPS) is 17.8. The summed E-state index contributed by atoms with van der Waals surface area (Å²) in [5, 5.41) is 20.7. The largest absolute Gasteiger partial charge is 0.385 e. The number of halogens is 1. The number of likely N-dealkylation sites (tertiary alicyclic amines) is 1. The first kappa shape index (κ1) is 19.7. The predicted octanol–water partition coefficient (Wildman–Crippen LogP) is 4.32. The smallest absolute Gasteiger partial charge is 0.254 e. The highest BCUT2D eigenvalue weighted by Crippen LogP contribution is 2.37. The van der Waals surface area contributed by atoms with Gasteiger partial charge in [-0.3, -0.25) is 4.79 Å². The van der Waals surface area contributed by atoms with Crippen molar-refractivity contribution in [1.82, 2.24) is 4.90 Å². The number of hydrogen-bond donors (Lipinski definition) is 1. The van der Waals surface area contributed by atoms with Crippen LogP contribution in [0.15, 0.2) is 45.9 Å². The summed E-state index contributed by atoms with van der Waals surface area (Å²) >= 11 is 7.78. The number of nitrogens with zero attached hydrogens (tertiary/aromatic N) is 3. The summed E-state index contributed by atoms with van der Waals surface area (Å²) < 4.78 is 0. The molecule has 142 valence electrons.